The number of hydrogen-bond donors (Lipinski definition) is 2. The Morgan fingerprint density at radius 3 is 1.02 bits per heavy atom. The van der Waals surface area contributed by atoms with Crippen molar-refractivity contribution in [3.63, 3.8) is 0 Å². The SMILES string of the molecule is CC(C)(C)c1ccc2c(c1)C(C)(C)c1cc(-c3ccc4c(c3)C(CN)(CCCN)c3cc(-c5ccc6c(c5)C(C)(C)c5cc(C(C)(C)C)ccc5-6)ccc3-4)ccc1-2. The minimum atomic E-state index is -0.318. The molecule has 57 heavy (non-hydrogen) atoms. The Morgan fingerprint density at radius 1 is 0.404 bits per heavy atom. The molecule has 0 unspecified atom stereocenters. The smallest absolute Gasteiger partial charge is 0.0338 e. The average molecular weight is 749 g/mol. The molecule has 0 aliphatic heterocycles. The van der Waals surface area contributed by atoms with E-state index in [2.05, 4.69) is 178 Å². The van der Waals surface area contributed by atoms with E-state index >= 15 is 0 Å². The Bertz CT molecular complexity index is 2440. The highest BCUT2D eigenvalue weighted by atomic mass is 14.6. The Hall–Kier alpha value is -4.76. The Labute approximate surface area is 341 Å². The first-order chi connectivity index (χ1) is 26.9. The zero-order chi connectivity index (χ0) is 40.4. The molecule has 0 radical (unpaired) electrons. The standard InChI is InChI=1S/C55H60N2/c1-51(2,3)37-16-22-41-39-18-12-33(26-45(39)53(7,8)47(41)30-37)35-14-20-43-44-21-15-36(29-50(44)55(32-57,24-11-25-56)49(43)28-35)34-13-19-40-42-23-17-38(52(4,5)6)31-48(42)54(9,10)46(40)27-34/h12-23,26-31H,11,24-25,32,56-57H2,1-10H3. The van der Waals surface area contributed by atoms with Crippen LogP contribution in [0.1, 0.15) is 127 Å². The molecule has 9 rings (SSSR count). The molecule has 290 valence electrons. The minimum Gasteiger partial charge on any atom is -0.330 e. The summed E-state index contributed by atoms with van der Waals surface area (Å²) in [5.41, 5.74) is 37.1. The molecule has 3 aliphatic rings. The van der Waals surface area contributed by atoms with Gasteiger partial charge in [0.05, 0.1) is 0 Å². The van der Waals surface area contributed by atoms with Crippen LogP contribution in [-0.4, -0.2) is 13.1 Å². The van der Waals surface area contributed by atoms with Crippen LogP contribution in [0.3, 0.4) is 0 Å². The lowest BCUT2D eigenvalue weighted by atomic mass is 9.73. The Balaban J connectivity index is 1.11. The summed E-state index contributed by atoms with van der Waals surface area (Å²) in [4.78, 5) is 0. The molecular weight excluding hydrogens is 689 g/mol. The summed E-state index contributed by atoms with van der Waals surface area (Å²) < 4.78 is 0. The van der Waals surface area contributed by atoms with Gasteiger partial charge in [0.1, 0.15) is 0 Å². The van der Waals surface area contributed by atoms with Crippen molar-refractivity contribution in [3.8, 4) is 55.6 Å². The average Bonchev–Trinajstić information content (AvgIpc) is 3.69. The molecule has 0 fully saturated rings. The van der Waals surface area contributed by atoms with E-state index in [0.717, 1.165) is 12.8 Å². The van der Waals surface area contributed by atoms with E-state index in [0.29, 0.717) is 13.1 Å². The normalized spacial score (nSPS) is 16.4. The third kappa shape index (κ3) is 5.58. The van der Waals surface area contributed by atoms with E-state index in [-0.39, 0.29) is 27.1 Å². The van der Waals surface area contributed by atoms with Crippen molar-refractivity contribution in [1.29, 1.82) is 0 Å². The van der Waals surface area contributed by atoms with Gasteiger partial charge in [-0.05, 0) is 155 Å². The van der Waals surface area contributed by atoms with Crippen LogP contribution >= 0.6 is 0 Å². The number of fused-ring (bicyclic) bond motifs is 9. The summed E-state index contributed by atoms with van der Waals surface area (Å²) in [6.45, 7) is 24.6. The first-order valence-corrected chi connectivity index (χ1v) is 21.2. The quantitative estimate of drug-likeness (QED) is 0.178. The topological polar surface area (TPSA) is 52.0 Å². The van der Waals surface area contributed by atoms with Crippen molar-refractivity contribution < 1.29 is 0 Å². The van der Waals surface area contributed by atoms with Crippen LogP contribution in [0.15, 0.2) is 109 Å². The summed E-state index contributed by atoms with van der Waals surface area (Å²) in [5.74, 6) is 0. The van der Waals surface area contributed by atoms with E-state index in [1.807, 2.05) is 0 Å². The highest BCUT2D eigenvalue weighted by Crippen LogP contribution is 2.55. The molecule has 6 aromatic rings. The molecule has 0 atom stereocenters. The van der Waals surface area contributed by atoms with Crippen LogP contribution in [0, 0.1) is 0 Å². The van der Waals surface area contributed by atoms with Gasteiger partial charge in [-0.25, -0.2) is 0 Å². The van der Waals surface area contributed by atoms with Gasteiger partial charge in [0, 0.05) is 22.8 Å². The van der Waals surface area contributed by atoms with Crippen LogP contribution in [-0.2, 0) is 27.1 Å². The predicted octanol–water partition coefficient (Wildman–Crippen LogP) is 13.2. The number of rotatable bonds is 6. The molecule has 6 aromatic carbocycles. The maximum Gasteiger partial charge on any atom is 0.0338 e. The largest absolute Gasteiger partial charge is 0.330 e. The van der Waals surface area contributed by atoms with Gasteiger partial charge in [-0.15, -0.1) is 0 Å². The maximum atomic E-state index is 6.98. The number of nitrogens with two attached hydrogens (primary N) is 2. The van der Waals surface area contributed by atoms with Gasteiger partial charge in [-0.2, -0.15) is 0 Å². The Kier molecular flexibility index (Phi) is 8.37. The second-order valence-corrected chi connectivity index (χ2v) is 20.5. The van der Waals surface area contributed by atoms with E-state index in [1.54, 1.807) is 0 Å². The Morgan fingerprint density at radius 2 is 0.702 bits per heavy atom. The second-order valence-electron chi connectivity index (χ2n) is 20.5. The van der Waals surface area contributed by atoms with Gasteiger partial charge in [0.25, 0.3) is 0 Å². The third-order valence-electron chi connectivity index (χ3n) is 14.3. The van der Waals surface area contributed by atoms with Crippen LogP contribution in [0.5, 0.6) is 0 Å². The fourth-order valence-corrected chi connectivity index (χ4v) is 10.6. The third-order valence-corrected chi connectivity index (χ3v) is 14.3. The summed E-state index contributed by atoms with van der Waals surface area (Å²) >= 11 is 0. The van der Waals surface area contributed by atoms with Gasteiger partial charge in [-0.1, -0.05) is 154 Å². The van der Waals surface area contributed by atoms with E-state index in [1.165, 1.54) is 100 Å². The van der Waals surface area contributed by atoms with Gasteiger partial charge in [0.15, 0.2) is 0 Å². The molecular formula is C55H60N2. The fraction of sp³-hybridized carbons (Fsp3) is 0.345. The fourth-order valence-electron chi connectivity index (χ4n) is 10.6. The van der Waals surface area contributed by atoms with Crippen molar-refractivity contribution in [2.75, 3.05) is 13.1 Å². The van der Waals surface area contributed by atoms with Crippen molar-refractivity contribution in [1.82, 2.24) is 0 Å². The molecule has 0 saturated carbocycles. The lowest BCUT2D eigenvalue weighted by Crippen LogP contribution is -2.35. The van der Waals surface area contributed by atoms with E-state index in [4.69, 9.17) is 11.5 Å². The highest BCUT2D eigenvalue weighted by molar-refractivity contribution is 5.89. The number of hydrogen-bond acceptors (Lipinski definition) is 2. The molecule has 0 aromatic heterocycles. The van der Waals surface area contributed by atoms with E-state index < -0.39 is 0 Å². The summed E-state index contributed by atoms with van der Waals surface area (Å²) in [7, 11) is 0. The lowest BCUT2D eigenvalue weighted by Gasteiger charge is -2.31. The molecule has 2 nitrogen and oxygen atoms in total. The molecule has 0 heterocycles. The van der Waals surface area contributed by atoms with Gasteiger partial charge in [-0.3, -0.25) is 0 Å². The highest BCUT2D eigenvalue weighted by Gasteiger charge is 2.43. The van der Waals surface area contributed by atoms with Crippen LogP contribution in [0.2, 0.25) is 0 Å². The molecule has 0 amide bonds. The molecule has 2 heteroatoms. The predicted molar refractivity (Wildman–Crippen MR) is 243 cm³/mol. The summed E-state index contributed by atoms with van der Waals surface area (Å²) in [6, 6.07) is 42.8. The molecule has 0 bridgehead atoms. The first-order valence-electron chi connectivity index (χ1n) is 21.2. The van der Waals surface area contributed by atoms with Crippen LogP contribution in [0.4, 0.5) is 0 Å². The lowest BCUT2D eigenvalue weighted by molar-refractivity contribution is 0.479. The maximum absolute atomic E-state index is 6.98. The zero-order valence-electron chi connectivity index (χ0n) is 35.9. The second kappa shape index (κ2) is 12.6. The minimum absolute atomic E-state index is 0.0849. The first kappa shape index (κ1) is 37.8. The molecule has 3 aliphatic carbocycles. The van der Waals surface area contributed by atoms with Crippen molar-refractivity contribution >= 4 is 0 Å². The molecule has 0 spiro atoms. The van der Waals surface area contributed by atoms with Crippen LogP contribution in [0.25, 0.3) is 55.6 Å². The number of benzene rings is 6. The van der Waals surface area contributed by atoms with Crippen molar-refractivity contribution in [2.45, 2.75) is 109 Å². The summed E-state index contributed by atoms with van der Waals surface area (Å²) in [5, 5.41) is 0. The molecule has 4 N–H and O–H groups in total. The van der Waals surface area contributed by atoms with Crippen LogP contribution < -0.4 is 11.5 Å². The van der Waals surface area contributed by atoms with Gasteiger partial charge >= 0.3 is 0 Å². The van der Waals surface area contributed by atoms with Crippen molar-refractivity contribution in [2.24, 2.45) is 11.5 Å². The van der Waals surface area contributed by atoms with Gasteiger partial charge in [0.2, 0.25) is 0 Å². The van der Waals surface area contributed by atoms with Crippen molar-refractivity contribution in [3.05, 3.63) is 154 Å². The monoisotopic (exact) mass is 748 g/mol. The van der Waals surface area contributed by atoms with Gasteiger partial charge < -0.3 is 11.5 Å². The molecule has 0 saturated heterocycles. The van der Waals surface area contributed by atoms with E-state index in [9.17, 15) is 0 Å². The summed E-state index contributed by atoms with van der Waals surface area (Å²) in [6.07, 6.45) is 1.83. The zero-order valence-corrected chi connectivity index (χ0v) is 35.9.